The Morgan fingerprint density at radius 2 is 2.38 bits per heavy atom. The van der Waals surface area contributed by atoms with Crippen LogP contribution in [0.5, 0.6) is 0 Å². The molecule has 0 radical (unpaired) electrons. The lowest BCUT2D eigenvalue weighted by atomic mass is 9.93. The van der Waals surface area contributed by atoms with E-state index in [2.05, 4.69) is 5.10 Å². The van der Waals surface area contributed by atoms with E-state index in [0.717, 1.165) is 25.7 Å². The molecule has 1 aliphatic rings. The number of hydrogen-bond donors (Lipinski definition) is 2. The van der Waals surface area contributed by atoms with Crippen LogP contribution in [0.2, 0.25) is 0 Å². The maximum atomic E-state index is 9.48. The summed E-state index contributed by atoms with van der Waals surface area (Å²) in [7, 11) is 0. The highest BCUT2D eigenvalue weighted by atomic mass is 16.3. The van der Waals surface area contributed by atoms with Crippen LogP contribution in [0.4, 0.5) is 5.69 Å². The molecule has 0 amide bonds. The molecule has 1 aromatic rings. The number of rotatable bonds is 1. The number of aliphatic hydroxyl groups is 1. The van der Waals surface area contributed by atoms with Gasteiger partial charge in [0, 0.05) is 6.20 Å². The molecule has 1 fully saturated rings. The van der Waals surface area contributed by atoms with E-state index in [1.165, 1.54) is 0 Å². The van der Waals surface area contributed by atoms with Gasteiger partial charge in [0.15, 0.2) is 0 Å². The molecule has 2 unspecified atom stereocenters. The standard InChI is InChI=1S/C9H15N3O/c10-7-5-11-12(6-7)8-2-1-3-9(13)4-8/h5-6,8-9,13H,1-4,10H2. The van der Waals surface area contributed by atoms with Crippen molar-refractivity contribution in [1.82, 2.24) is 9.78 Å². The first kappa shape index (κ1) is 8.56. The van der Waals surface area contributed by atoms with Gasteiger partial charge in [0.2, 0.25) is 0 Å². The average molecular weight is 181 g/mol. The van der Waals surface area contributed by atoms with Crippen LogP contribution in [-0.2, 0) is 0 Å². The van der Waals surface area contributed by atoms with Crippen LogP contribution in [0.1, 0.15) is 31.7 Å². The molecule has 4 heteroatoms. The fourth-order valence-electron chi connectivity index (χ4n) is 1.93. The van der Waals surface area contributed by atoms with Crippen LogP contribution in [-0.4, -0.2) is 21.0 Å². The minimum absolute atomic E-state index is 0.163. The molecule has 13 heavy (non-hydrogen) atoms. The summed E-state index contributed by atoms with van der Waals surface area (Å²) in [5, 5.41) is 13.6. The first-order valence-corrected chi connectivity index (χ1v) is 4.73. The number of aromatic nitrogens is 2. The van der Waals surface area contributed by atoms with E-state index in [0.29, 0.717) is 11.7 Å². The summed E-state index contributed by atoms with van der Waals surface area (Å²) >= 11 is 0. The van der Waals surface area contributed by atoms with Gasteiger partial charge in [-0.2, -0.15) is 5.10 Å². The maximum Gasteiger partial charge on any atom is 0.0719 e. The molecule has 0 bridgehead atoms. The Kier molecular flexibility index (Phi) is 2.22. The highest BCUT2D eigenvalue weighted by molar-refractivity contribution is 5.30. The maximum absolute atomic E-state index is 9.48. The Morgan fingerprint density at radius 1 is 1.54 bits per heavy atom. The third-order valence-corrected chi connectivity index (χ3v) is 2.61. The molecule has 72 valence electrons. The molecule has 2 rings (SSSR count). The van der Waals surface area contributed by atoms with Crippen molar-refractivity contribution in [2.24, 2.45) is 0 Å². The van der Waals surface area contributed by atoms with E-state index in [1.807, 2.05) is 10.9 Å². The van der Waals surface area contributed by atoms with Crippen LogP contribution in [0, 0.1) is 0 Å². The molecule has 0 aliphatic heterocycles. The molecule has 1 saturated carbocycles. The van der Waals surface area contributed by atoms with Crippen molar-refractivity contribution in [2.75, 3.05) is 5.73 Å². The summed E-state index contributed by atoms with van der Waals surface area (Å²) in [6.07, 6.45) is 7.23. The molecule has 0 saturated heterocycles. The lowest BCUT2D eigenvalue weighted by Gasteiger charge is -2.25. The smallest absolute Gasteiger partial charge is 0.0719 e. The SMILES string of the molecule is Nc1cnn(C2CCCC(O)C2)c1. The second-order valence-corrected chi connectivity index (χ2v) is 3.73. The molecule has 1 aliphatic carbocycles. The van der Waals surface area contributed by atoms with E-state index >= 15 is 0 Å². The average Bonchev–Trinajstić information content (AvgIpc) is 2.52. The van der Waals surface area contributed by atoms with Crippen molar-refractivity contribution in [3.05, 3.63) is 12.4 Å². The van der Waals surface area contributed by atoms with Crippen LogP contribution in [0.3, 0.4) is 0 Å². The summed E-state index contributed by atoms with van der Waals surface area (Å²) < 4.78 is 1.87. The number of aliphatic hydroxyl groups excluding tert-OH is 1. The topological polar surface area (TPSA) is 64.1 Å². The summed E-state index contributed by atoms with van der Waals surface area (Å²) in [6, 6.07) is 0.334. The second-order valence-electron chi connectivity index (χ2n) is 3.73. The van der Waals surface area contributed by atoms with Crippen LogP contribution in [0.15, 0.2) is 12.4 Å². The van der Waals surface area contributed by atoms with E-state index in [1.54, 1.807) is 6.20 Å². The molecule has 0 spiro atoms. The van der Waals surface area contributed by atoms with Gasteiger partial charge in [-0.3, -0.25) is 4.68 Å². The monoisotopic (exact) mass is 181 g/mol. The van der Waals surface area contributed by atoms with Gasteiger partial charge in [-0.05, 0) is 25.7 Å². The fraction of sp³-hybridized carbons (Fsp3) is 0.667. The minimum Gasteiger partial charge on any atom is -0.396 e. The zero-order valence-corrected chi connectivity index (χ0v) is 7.56. The Hall–Kier alpha value is -1.03. The fourth-order valence-corrected chi connectivity index (χ4v) is 1.93. The van der Waals surface area contributed by atoms with Crippen molar-refractivity contribution < 1.29 is 5.11 Å². The van der Waals surface area contributed by atoms with Crippen molar-refractivity contribution in [2.45, 2.75) is 37.8 Å². The third kappa shape index (κ3) is 1.83. The summed E-state index contributed by atoms with van der Waals surface area (Å²) in [4.78, 5) is 0. The minimum atomic E-state index is -0.163. The third-order valence-electron chi connectivity index (χ3n) is 2.61. The Balaban J connectivity index is 2.08. The van der Waals surface area contributed by atoms with Gasteiger partial charge < -0.3 is 10.8 Å². The first-order valence-electron chi connectivity index (χ1n) is 4.73. The molecular formula is C9H15N3O. The second kappa shape index (κ2) is 3.38. The van der Waals surface area contributed by atoms with Crippen molar-refractivity contribution in [3.63, 3.8) is 0 Å². The van der Waals surface area contributed by atoms with Gasteiger partial charge in [0.05, 0.1) is 24.0 Å². The zero-order chi connectivity index (χ0) is 9.26. The van der Waals surface area contributed by atoms with E-state index in [4.69, 9.17) is 5.73 Å². The summed E-state index contributed by atoms with van der Waals surface area (Å²) in [5.41, 5.74) is 6.27. The molecule has 4 nitrogen and oxygen atoms in total. The van der Waals surface area contributed by atoms with Crippen LogP contribution >= 0.6 is 0 Å². The molecule has 0 aromatic carbocycles. The molecular weight excluding hydrogens is 166 g/mol. The van der Waals surface area contributed by atoms with Crippen molar-refractivity contribution >= 4 is 5.69 Å². The molecule has 2 atom stereocenters. The summed E-state index contributed by atoms with van der Waals surface area (Å²) in [5.74, 6) is 0. The number of anilines is 1. The normalized spacial score (nSPS) is 29.0. The van der Waals surface area contributed by atoms with E-state index in [-0.39, 0.29) is 6.10 Å². The number of hydrogen-bond acceptors (Lipinski definition) is 3. The predicted octanol–water partition coefficient (Wildman–Crippen LogP) is 0.941. The van der Waals surface area contributed by atoms with Crippen LogP contribution in [0.25, 0.3) is 0 Å². The Labute approximate surface area is 77.4 Å². The molecule has 1 heterocycles. The Morgan fingerprint density at radius 3 is 3.00 bits per heavy atom. The highest BCUT2D eigenvalue weighted by Crippen LogP contribution is 2.28. The summed E-state index contributed by atoms with van der Waals surface area (Å²) in [6.45, 7) is 0. The van der Waals surface area contributed by atoms with Gasteiger partial charge in [0.25, 0.3) is 0 Å². The zero-order valence-electron chi connectivity index (χ0n) is 7.56. The quantitative estimate of drug-likeness (QED) is 0.677. The van der Waals surface area contributed by atoms with E-state index in [9.17, 15) is 5.11 Å². The largest absolute Gasteiger partial charge is 0.396 e. The van der Waals surface area contributed by atoms with Gasteiger partial charge in [-0.15, -0.1) is 0 Å². The predicted molar refractivity (Wildman–Crippen MR) is 50.2 cm³/mol. The number of nitrogens with zero attached hydrogens (tertiary/aromatic N) is 2. The Bertz CT molecular complexity index is 284. The first-order chi connectivity index (χ1) is 6.25. The van der Waals surface area contributed by atoms with Gasteiger partial charge in [-0.1, -0.05) is 0 Å². The van der Waals surface area contributed by atoms with Crippen molar-refractivity contribution in [3.8, 4) is 0 Å². The molecule has 1 aromatic heterocycles. The highest BCUT2D eigenvalue weighted by Gasteiger charge is 2.21. The van der Waals surface area contributed by atoms with Gasteiger partial charge in [0.1, 0.15) is 0 Å². The van der Waals surface area contributed by atoms with Gasteiger partial charge in [-0.25, -0.2) is 0 Å². The lowest BCUT2D eigenvalue weighted by molar-refractivity contribution is 0.100. The molecule has 3 N–H and O–H groups in total. The van der Waals surface area contributed by atoms with Gasteiger partial charge >= 0.3 is 0 Å². The lowest BCUT2D eigenvalue weighted by Crippen LogP contribution is -2.22. The van der Waals surface area contributed by atoms with E-state index < -0.39 is 0 Å². The van der Waals surface area contributed by atoms with Crippen molar-refractivity contribution in [1.29, 1.82) is 0 Å². The number of nitrogens with two attached hydrogens (primary N) is 1. The number of nitrogen functional groups attached to an aromatic ring is 1. The van der Waals surface area contributed by atoms with Crippen LogP contribution < -0.4 is 5.73 Å².